The highest BCUT2D eigenvalue weighted by Crippen LogP contribution is 2.49. The van der Waals surface area contributed by atoms with E-state index in [2.05, 4.69) is 32.2 Å². The normalized spacial score (nSPS) is 18.6. The van der Waals surface area contributed by atoms with Crippen molar-refractivity contribution >= 4 is 52.3 Å². The van der Waals surface area contributed by atoms with Gasteiger partial charge in [-0.25, -0.2) is 4.68 Å². The van der Waals surface area contributed by atoms with Crippen molar-refractivity contribution in [2.75, 3.05) is 30.3 Å². The van der Waals surface area contributed by atoms with Gasteiger partial charge in [0.05, 0.1) is 22.4 Å². The van der Waals surface area contributed by atoms with Crippen molar-refractivity contribution in [3.63, 3.8) is 0 Å². The fraction of sp³-hybridized carbons (Fsp3) is 0.423. The number of nitrogens with zero attached hydrogens (tertiary/aromatic N) is 4. The third kappa shape index (κ3) is 4.76. The van der Waals surface area contributed by atoms with Crippen molar-refractivity contribution in [3.05, 3.63) is 62.9 Å². The molecule has 0 saturated carbocycles. The maximum atomic E-state index is 13.6. The minimum Gasteiger partial charge on any atom is -0.341 e. The van der Waals surface area contributed by atoms with Crippen molar-refractivity contribution in [3.8, 4) is 5.69 Å². The number of aromatic nitrogens is 2. The number of fused-ring (bicyclic) bond motifs is 1. The molecular weight excluding hydrogens is 500 g/mol. The number of carbonyl (C=O) groups is 2. The summed E-state index contributed by atoms with van der Waals surface area (Å²) in [5, 5.41) is 7.70. The Morgan fingerprint density at radius 1 is 1.17 bits per heavy atom. The molecule has 1 fully saturated rings. The van der Waals surface area contributed by atoms with Crippen LogP contribution in [0.2, 0.25) is 5.02 Å². The minimum atomic E-state index is -0.276. The first-order chi connectivity index (χ1) is 16.7. The highest BCUT2D eigenvalue weighted by Gasteiger charge is 2.40. The molecule has 1 unspecified atom stereocenters. The van der Waals surface area contributed by atoms with Gasteiger partial charge in [0, 0.05) is 34.0 Å². The zero-order valence-electron chi connectivity index (χ0n) is 20.2. The minimum absolute atomic E-state index is 0.0133. The number of likely N-dealkylation sites (tertiary alicyclic amines) is 1. The Morgan fingerprint density at radius 3 is 2.60 bits per heavy atom. The van der Waals surface area contributed by atoms with E-state index in [-0.39, 0.29) is 29.0 Å². The number of benzene rings is 1. The van der Waals surface area contributed by atoms with E-state index in [0.29, 0.717) is 16.6 Å². The van der Waals surface area contributed by atoms with Crippen molar-refractivity contribution in [2.24, 2.45) is 0 Å². The van der Waals surface area contributed by atoms with Crippen LogP contribution < -0.4 is 4.90 Å². The van der Waals surface area contributed by atoms with Crippen LogP contribution in [0.5, 0.6) is 0 Å². The average Bonchev–Trinajstić information content (AvgIpc) is 3.57. The molecule has 2 aliphatic heterocycles. The highest BCUT2D eigenvalue weighted by molar-refractivity contribution is 8.00. The van der Waals surface area contributed by atoms with Gasteiger partial charge in [0.1, 0.15) is 12.4 Å². The molecule has 0 spiro atoms. The molecule has 3 aromatic rings. The van der Waals surface area contributed by atoms with E-state index in [1.807, 2.05) is 39.9 Å². The molecule has 184 valence electrons. The van der Waals surface area contributed by atoms with Crippen LogP contribution in [0.3, 0.4) is 0 Å². The smallest absolute Gasteiger partial charge is 0.242 e. The number of rotatable bonds is 4. The Morgan fingerprint density at radius 2 is 1.94 bits per heavy atom. The van der Waals surface area contributed by atoms with E-state index in [1.165, 1.54) is 4.88 Å². The molecular formula is C26H29ClN4O2S2. The van der Waals surface area contributed by atoms with Crippen molar-refractivity contribution in [1.29, 1.82) is 0 Å². The lowest BCUT2D eigenvalue weighted by atomic mass is 9.88. The molecule has 2 aromatic heterocycles. The average molecular weight is 529 g/mol. The largest absolute Gasteiger partial charge is 0.341 e. The van der Waals surface area contributed by atoms with Crippen LogP contribution in [-0.4, -0.2) is 51.9 Å². The Kier molecular flexibility index (Phi) is 6.72. The molecule has 1 aromatic carbocycles. The summed E-state index contributed by atoms with van der Waals surface area (Å²) in [5.74, 6) is 0.881. The Labute approximate surface area is 219 Å². The van der Waals surface area contributed by atoms with E-state index in [4.69, 9.17) is 16.7 Å². The zero-order valence-corrected chi connectivity index (χ0v) is 22.6. The first kappa shape index (κ1) is 24.4. The number of hydrogen-bond donors (Lipinski definition) is 0. The van der Waals surface area contributed by atoms with Crippen LogP contribution in [0.1, 0.15) is 55.0 Å². The molecule has 4 heterocycles. The second kappa shape index (κ2) is 9.64. The Hall–Kier alpha value is -2.29. The maximum Gasteiger partial charge on any atom is 0.242 e. The quantitative estimate of drug-likeness (QED) is 0.437. The van der Waals surface area contributed by atoms with Gasteiger partial charge in [-0.15, -0.1) is 23.1 Å². The van der Waals surface area contributed by atoms with E-state index in [0.717, 1.165) is 42.9 Å². The van der Waals surface area contributed by atoms with Gasteiger partial charge in [0.2, 0.25) is 11.8 Å². The molecule has 35 heavy (non-hydrogen) atoms. The number of amides is 2. The van der Waals surface area contributed by atoms with Crippen LogP contribution in [0.15, 0.2) is 41.8 Å². The van der Waals surface area contributed by atoms with E-state index in [1.54, 1.807) is 28.0 Å². The van der Waals surface area contributed by atoms with Crippen LogP contribution >= 0.6 is 34.7 Å². The molecule has 0 aliphatic carbocycles. The lowest BCUT2D eigenvalue weighted by Crippen LogP contribution is -2.43. The molecule has 0 bridgehead atoms. The Bertz CT molecular complexity index is 1240. The lowest BCUT2D eigenvalue weighted by Gasteiger charge is -2.26. The van der Waals surface area contributed by atoms with Gasteiger partial charge in [-0.1, -0.05) is 44.5 Å². The molecule has 0 radical (unpaired) electrons. The molecule has 5 rings (SSSR count). The van der Waals surface area contributed by atoms with Crippen LogP contribution in [0.4, 0.5) is 5.82 Å². The van der Waals surface area contributed by atoms with Gasteiger partial charge in [0.15, 0.2) is 0 Å². The first-order valence-corrected chi connectivity index (χ1v) is 14.2. The van der Waals surface area contributed by atoms with Crippen molar-refractivity contribution < 1.29 is 9.59 Å². The summed E-state index contributed by atoms with van der Waals surface area (Å²) >= 11 is 9.66. The van der Waals surface area contributed by atoms with Crippen molar-refractivity contribution in [2.45, 2.75) is 44.3 Å². The summed E-state index contributed by atoms with van der Waals surface area (Å²) in [6, 6.07) is 11.7. The second-order valence-electron chi connectivity index (χ2n) is 10.0. The number of thiophene rings is 1. The zero-order chi connectivity index (χ0) is 24.7. The monoisotopic (exact) mass is 528 g/mol. The Balaban J connectivity index is 1.74. The molecule has 0 N–H and O–H groups in total. The molecule has 1 saturated heterocycles. The van der Waals surface area contributed by atoms with E-state index in [9.17, 15) is 9.59 Å². The molecule has 2 aliphatic rings. The standard InChI is InChI=1S/C26H29ClN4O2S2/c1-26(2,3)24-22-23(19-10-7-13-34-19)35-16-21(33)30(15-20(32)29-11-4-5-12-29)25(22)31(28-24)18-9-6-8-17(27)14-18/h6-10,13-14,23H,4-5,11-12,15-16H2,1-3H3. The summed E-state index contributed by atoms with van der Waals surface area (Å²) in [6.45, 7) is 7.93. The van der Waals surface area contributed by atoms with Gasteiger partial charge < -0.3 is 4.90 Å². The third-order valence-corrected chi connectivity index (χ3v) is 8.96. The van der Waals surface area contributed by atoms with Gasteiger partial charge >= 0.3 is 0 Å². The van der Waals surface area contributed by atoms with Crippen LogP contribution in [0.25, 0.3) is 5.69 Å². The number of anilines is 1. The topological polar surface area (TPSA) is 58.4 Å². The van der Waals surface area contributed by atoms with E-state index >= 15 is 0 Å². The lowest BCUT2D eigenvalue weighted by molar-refractivity contribution is -0.130. The SMILES string of the molecule is CC(C)(C)c1nn(-c2cccc(Cl)c2)c2c1C(c1cccs1)SCC(=O)N2CC(=O)N1CCCC1. The fourth-order valence-corrected chi connectivity index (χ4v) is 7.09. The fourth-order valence-electron chi connectivity index (χ4n) is 4.73. The van der Waals surface area contributed by atoms with Crippen molar-refractivity contribution in [1.82, 2.24) is 14.7 Å². The highest BCUT2D eigenvalue weighted by atomic mass is 35.5. The van der Waals surface area contributed by atoms with Gasteiger partial charge in [-0.3, -0.25) is 14.5 Å². The van der Waals surface area contributed by atoms with Gasteiger partial charge in [-0.05, 0) is 42.5 Å². The summed E-state index contributed by atoms with van der Waals surface area (Å²) in [6.07, 6.45) is 2.02. The summed E-state index contributed by atoms with van der Waals surface area (Å²) < 4.78 is 1.82. The molecule has 6 nitrogen and oxygen atoms in total. The predicted octanol–water partition coefficient (Wildman–Crippen LogP) is 5.68. The second-order valence-corrected chi connectivity index (χ2v) is 12.5. The molecule has 9 heteroatoms. The summed E-state index contributed by atoms with van der Waals surface area (Å²) in [5.41, 5.74) is 2.42. The third-order valence-electron chi connectivity index (χ3n) is 6.41. The number of halogens is 1. The maximum absolute atomic E-state index is 13.6. The summed E-state index contributed by atoms with van der Waals surface area (Å²) in [4.78, 5) is 31.6. The van der Waals surface area contributed by atoms with E-state index < -0.39 is 0 Å². The summed E-state index contributed by atoms with van der Waals surface area (Å²) in [7, 11) is 0. The van der Waals surface area contributed by atoms with Crippen LogP contribution in [-0.2, 0) is 15.0 Å². The number of carbonyl (C=O) groups excluding carboxylic acids is 2. The number of hydrogen-bond acceptors (Lipinski definition) is 5. The predicted molar refractivity (Wildman–Crippen MR) is 144 cm³/mol. The van der Waals surface area contributed by atoms with Gasteiger partial charge in [0.25, 0.3) is 0 Å². The number of thioether (sulfide) groups is 1. The molecule has 1 atom stereocenters. The molecule has 2 amide bonds. The first-order valence-electron chi connectivity index (χ1n) is 11.9. The van der Waals surface area contributed by atoms with Gasteiger partial charge in [-0.2, -0.15) is 5.10 Å². The van der Waals surface area contributed by atoms with Crippen LogP contribution in [0, 0.1) is 0 Å².